The highest BCUT2D eigenvalue weighted by Gasteiger charge is 2.21. The van der Waals surface area contributed by atoms with Crippen LogP contribution in [0.3, 0.4) is 0 Å². The molecule has 1 aromatic carbocycles. The predicted molar refractivity (Wildman–Crippen MR) is 92.0 cm³/mol. The van der Waals surface area contributed by atoms with E-state index >= 15 is 0 Å². The number of ketones is 1. The highest BCUT2D eigenvalue weighted by molar-refractivity contribution is 5.85. The molecule has 23 heavy (non-hydrogen) atoms. The average Bonchev–Trinajstić information content (AvgIpc) is 2.75. The molecule has 0 radical (unpaired) electrons. The van der Waals surface area contributed by atoms with E-state index in [1.807, 2.05) is 24.4 Å². The van der Waals surface area contributed by atoms with Crippen LogP contribution in [0, 0.1) is 0 Å². The number of hydrogen-bond acceptors (Lipinski definition) is 4. The molecule has 4 nitrogen and oxygen atoms in total. The van der Waals surface area contributed by atoms with Crippen LogP contribution in [0.2, 0.25) is 0 Å². The van der Waals surface area contributed by atoms with E-state index < -0.39 is 0 Å². The van der Waals surface area contributed by atoms with E-state index in [2.05, 4.69) is 34.1 Å². The number of likely N-dealkylation sites (tertiary alicyclic amines) is 1. The van der Waals surface area contributed by atoms with Gasteiger partial charge in [-0.05, 0) is 49.6 Å². The van der Waals surface area contributed by atoms with E-state index in [9.17, 15) is 4.79 Å². The van der Waals surface area contributed by atoms with E-state index in [1.54, 1.807) is 0 Å². The summed E-state index contributed by atoms with van der Waals surface area (Å²) in [7, 11) is 0. The third kappa shape index (κ3) is 4.24. The van der Waals surface area contributed by atoms with Crippen molar-refractivity contribution in [1.29, 1.82) is 0 Å². The molecule has 4 heteroatoms. The van der Waals surface area contributed by atoms with Gasteiger partial charge in [0.25, 0.3) is 0 Å². The summed E-state index contributed by atoms with van der Waals surface area (Å²) in [6, 6.07) is 14.2. The summed E-state index contributed by atoms with van der Waals surface area (Å²) in [6.45, 7) is 2.34. The van der Waals surface area contributed by atoms with Crippen LogP contribution in [0.1, 0.15) is 18.4 Å². The Morgan fingerprint density at radius 1 is 1.22 bits per heavy atom. The first-order valence-corrected chi connectivity index (χ1v) is 8.23. The van der Waals surface area contributed by atoms with Gasteiger partial charge in [-0.2, -0.15) is 0 Å². The average molecular weight is 309 g/mol. The lowest BCUT2D eigenvalue weighted by Crippen LogP contribution is -2.37. The fourth-order valence-electron chi connectivity index (χ4n) is 3.01. The van der Waals surface area contributed by atoms with Crippen LogP contribution in [0.15, 0.2) is 48.7 Å². The number of nitrogens with two attached hydrogens (primary N) is 1. The van der Waals surface area contributed by atoms with Crippen LogP contribution in [-0.2, 0) is 11.2 Å². The van der Waals surface area contributed by atoms with Gasteiger partial charge in [0.2, 0.25) is 0 Å². The third-order valence-corrected chi connectivity index (χ3v) is 4.39. The fraction of sp³-hybridized carbons (Fsp3) is 0.368. The van der Waals surface area contributed by atoms with E-state index in [0.717, 1.165) is 43.6 Å². The molecule has 2 heterocycles. The zero-order valence-electron chi connectivity index (χ0n) is 13.3. The second-order valence-electron chi connectivity index (χ2n) is 6.16. The molecule has 1 atom stereocenters. The number of hydrogen-bond donors (Lipinski definition) is 1. The number of aromatic nitrogens is 1. The molecule has 1 aliphatic rings. The Morgan fingerprint density at radius 2 is 2.13 bits per heavy atom. The second kappa shape index (κ2) is 7.49. The molecule has 2 N–H and O–H groups in total. The maximum atomic E-state index is 11.9. The lowest BCUT2D eigenvalue weighted by atomic mass is 10.1. The Hall–Kier alpha value is -2.04. The molecule has 0 amide bonds. The van der Waals surface area contributed by atoms with Crippen molar-refractivity contribution in [1.82, 2.24) is 9.88 Å². The molecule has 0 aliphatic carbocycles. The minimum atomic E-state index is -0.271. The topological polar surface area (TPSA) is 59.2 Å². The van der Waals surface area contributed by atoms with Gasteiger partial charge in [-0.25, -0.2) is 0 Å². The van der Waals surface area contributed by atoms with Crippen molar-refractivity contribution in [3.05, 3.63) is 54.2 Å². The minimum absolute atomic E-state index is 0.171. The van der Waals surface area contributed by atoms with Crippen molar-refractivity contribution in [3.63, 3.8) is 0 Å². The van der Waals surface area contributed by atoms with E-state index in [1.165, 1.54) is 5.56 Å². The molecule has 0 bridgehead atoms. The third-order valence-electron chi connectivity index (χ3n) is 4.39. The number of rotatable bonds is 4. The Morgan fingerprint density at radius 3 is 2.96 bits per heavy atom. The molecular weight excluding hydrogens is 286 g/mol. The SMILES string of the molecule is NC1CCCN(CCc2cccc(-c3ccccn3)c2)CC1=O. The van der Waals surface area contributed by atoms with Gasteiger partial charge < -0.3 is 5.73 Å². The van der Waals surface area contributed by atoms with Crippen molar-refractivity contribution in [2.45, 2.75) is 25.3 Å². The zero-order valence-corrected chi connectivity index (χ0v) is 13.3. The summed E-state index contributed by atoms with van der Waals surface area (Å²) in [5.41, 5.74) is 9.25. The van der Waals surface area contributed by atoms with Gasteiger partial charge in [0.1, 0.15) is 0 Å². The molecule has 120 valence electrons. The number of carbonyl (C=O) groups is 1. The van der Waals surface area contributed by atoms with E-state index in [0.29, 0.717) is 6.54 Å². The molecule has 0 saturated carbocycles. The van der Waals surface area contributed by atoms with Crippen molar-refractivity contribution in [2.24, 2.45) is 5.73 Å². The maximum Gasteiger partial charge on any atom is 0.163 e. The highest BCUT2D eigenvalue weighted by Crippen LogP contribution is 2.18. The summed E-state index contributed by atoms with van der Waals surface area (Å²) in [5.74, 6) is 0.171. The van der Waals surface area contributed by atoms with E-state index in [4.69, 9.17) is 5.73 Å². The molecule has 0 spiro atoms. The normalized spacial score (nSPS) is 19.5. The standard InChI is InChI=1S/C19H23N3O/c20-17-7-4-11-22(14-19(17)23)12-9-15-5-3-6-16(13-15)18-8-1-2-10-21-18/h1-3,5-6,8,10,13,17H,4,7,9,11-12,14,20H2. The number of Topliss-reactive ketones (excluding diaryl/α,β-unsaturated/α-hetero) is 1. The summed E-state index contributed by atoms with van der Waals surface area (Å²) >= 11 is 0. The largest absolute Gasteiger partial charge is 0.321 e. The Bertz CT molecular complexity index is 657. The van der Waals surface area contributed by atoms with Gasteiger partial charge in [-0.3, -0.25) is 14.7 Å². The lowest BCUT2D eigenvalue weighted by molar-refractivity contribution is -0.120. The predicted octanol–water partition coefficient (Wildman–Crippen LogP) is 2.28. The number of nitrogens with zero attached hydrogens (tertiary/aromatic N) is 2. The van der Waals surface area contributed by atoms with Crippen LogP contribution < -0.4 is 5.73 Å². The Labute approximate surface area is 137 Å². The fourth-order valence-corrected chi connectivity index (χ4v) is 3.01. The Kier molecular flexibility index (Phi) is 5.16. The first-order valence-electron chi connectivity index (χ1n) is 8.23. The Balaban J connectivity index is 1.63. The minimum Gasteiger partial charge on any atom is -0.321 e. The summed E-state index contributed by atoms with van der Waals surface area (Å²) < 4.78 is 0. The van der Waals surface area contributed by atoms with Crippen LogP contribution in [0.4, 0.5) is 0 Å². The summed E-state index contributed by atoms with van der Waals surface area (Å²) in [5, 5.41) is 0. The molecule has 3 rings (SSSR count). The van der Waals surface area contributed by atoms with Gasteiger partial charge in [0.05, 0.1) is 18.3 Å². The van der Waals surface area contributed by atoms with Crippen LogP contribution >= 0.6 is 0 Å². The van der Waals surface area contributed by atoms with Gasteiger partial charge in [-0.1, -0.05) is 24.3 Å². The molecule has 2 aromatic rings. The van der Waals surface area contributed by atoms with Crippen molar-refractivity contribution in [2.75, 3.05) is 19.6 Å². The van der Waals surface area contributed by atoms with Crippen molar-refractivity contribution >= 4 is 5.78 Å². The highest BCUT2D eigenvalue weighted by atomic mass is 16.1. The van der Waals surface area contributed by atoms with Gasteiger partial charge in [-0.15, -0.1) is 0 Å². The number of carbonyl (C=O) groups excluding carboxylic acids is 1. The first-order chi connectivity index (χ1) is 11.2. The lowest BCUT2D eigenvalue weighted by Gasteiger charge is -2.19. The van der Waals surface area contributed by atoms with Gasteiger partial charge in [0, 0.05) is 18.3 Å². The summed E-state index contributed by atoms with van der Waals surface area (Å²) in [4.78, 5) is 18.5. The van der Waals surface area contributed by atoms with Crippen LogP contribution in [-0.4, -0.2) is 41.3 Å². The van der Waals surface area contributed by atoms with Gasteiger partial charge in [0.15, 0.2) is 5.78 Å². The van der Waals surface area contributed by atoms with Crippen molar-refractivity contribution < 1.29 is 4.79 Å². The van der Waals surface area contributed by atoms with Crippen molar-refractivity contribution in [3.8, 4) is 11.3 Å². The molecule has 1 aromatic heterocycles. The molecule has 1 aliphatic heterocycles. The maximum absolute atomic E-state index is 11.9. The zero-order chi connectivity index (χ0) is 16.1. The number of benzene rings is 1. The molecule has 1 unspecified atom stereocenters. The smallest absolute Gasteiger partial charge is 0.163 e. The summed E-state index contributed by atoms with van der Waals surface area (Å²) in [6.07, 6.45) is 4.56. The van der Waals surface area contributed by atoms with Crippen LogP contribution in [0.5, 0.6) is 0 Å². The quantitative estimate of drug-likeness (QED) is 0.941. The first kappa shape index (κ1) is 15.8. The molecule has 1 fully saturated rings. The van der Waals surface area contributed by atoms with Crippen LogP contribution in [0.25, 0.3) is 11.3 Å². The van der Waals surface area contributed by atoms with Gasteiger partial charge >= 0.3 is 0 Å². The molecular formula is C19H23N3O. The monoisotopic (exact) mass is 309 g/mol. The second-order valence-corrected chi connectivity index (χ2v) is 6.16. The van der Waals surface area contributed by atoms with E-state index in [-0.39, 0.29) is 11.8 Å². The number of pyridine rings is 1. The molecule has 1 saturated heterocycles.